The van der Waals surface area contributed by atoms with Gasteiger partial charge in [-0.15, -0.1) is 0 Å². The van der Waals surface area contributed by atoms with Crippen molar-refractivity contribution in [3.8, 4) is 11.3 Å². The normalized spacial score (nSPS) is 11.5. The van der Waals surface area contributed by atoms with Crippen LogP contribution in [0.5, 0.6) is 0 Å². The van der Waals surface area contributed by atoms with Crippen LogP contribution in [0.15, 0.2) is 39.4 Å². The van der Waals surface area contributed by atoms with E-state index in [-0.39, 0.29) is 0 Å². The summed E-state index contributed by atoms with van der Waals surface area (Å²) < 4.78 is 8.77. The molecule has 112 valence electrons. The lowest BCUT2D eigenvalue weighted by atomic mass is 10.1. The summed E-state index contributed by atoms with van der Waals surface area (Å²) in [6.45, 7) is 7.58. The minimum absolute atomic E-state index is 0.390. The third-order valence-electron chi connectivity index (χ3n) is 2.85. The van der Waals surface area contributed by atoms with Crippen LogP contribution >= 0.6 is 31.9 Å². The van der Waals surface area contributed by atoms with Crippen molar-refractivity contribution in [2.75, 3.05) is 0 Å². The fraction of sp³-hybridized carbons (Fsp3) is 0.312. The predicted molar refractivity (Wildman–Crippen MR) is 91.6 cm³/mol. The Balaban J connectivity index is 2.54. The van der Waals surface area contributed by atoms with Crippen LogP contribution in [-0.4, -0.2) is 16.3 Å². The molecule has 0 spiro atoms. The molecule has 1 aromatic heterocycles. The SMILES string of the molecule is Cc1cccc(Br)c1-c1cc(Br)cn1C(=O)OC(C)(C)C. The molecule has 1 aromatic carbocycles. The van der Waals surface area contributed by atoms with Crippen LogP contribution in [0.1, 0.15) is 26.3 Å². The Labute approximate surface area is 141 Å². The van der Waals surface area contributed by atoms with Gasteiger partial charge in [0.1, 0.15) is 5.60 Å². The maximum Gasteiger partial charge on any atom is 0.419 e. The molecule has 0 aliphatic heterocycles. The molecule has 2 aromatic rings. The van der Waals surface area contributed by atoms with E-state index in [1.807, 2.05) is 52.0 Å². The van der Waals surface area contributed by atoms with Crippen LogP contribution in [0.3, 0.4) is 0 Å². The lowest BCUT2D eigenvalue weighted by Crippen LogP contribution is -2.27. The van der Waals surface area contributed by atoms with Crippen molar-refractivity contribution in [1.82, 2.24) is 4.57 Å². The van der Waals surface area contributed by atoms with Crippen molar-refractivity contribution in [2.24, 2.45) is 0 Å². The molecule has 0 N–H and O–H groups in total. The van der Waals surface area contributed by atoms with Crippen molar-refractivity contribution >= 4 is 38.0 Å². The summed E-state index contributed by atoms with van der Waals surface area (Å²) in [5.41, 5.74) is 2.32. The molecule has 2 rings (SSSR count). The number of carbonyl (C=O) groups excluding carboxylic acids is 1. The van der Waals surface area contributed by atoms with Gasteiger partial charge in [0, 0.05) is 20.7 Å². The van der Waals surface area contributed by atoms with Crippen LogP contribution in [0, 0.1) is 6.92 Å². The van der Waals surface area contributed by atoms with E-state index in [0.29, 0.717) is 0 Å². The summed E-state index contributed by atoms with van der Waals surface area (Å²) in [6.07, 6.45) is 1.33. The van der Waals surface area contributed by atoms with E-state index in [1.54, 1.807) is 6.20 Å². The Morgan fingerprint density at radius 1 is 1.24 bits per heavy atom. The summed E-state index contributed by atoms with van der Waals surface area (Å²) in [6, 6.07) is 7.86. The second-order valence-electron chi connectivity index (χ2n) is 5.83. The third-order valence-corrected chi connectivity index (χ3v) is 3.95. The number of hydrogen-bond acceptors (Lipinski definition) is 2. The standard InChI is InChI=1S/C16H17Br2NO2/c1-10-6-5-7-12(18)14(10)13-8-11(17)9-19(13)15(20)21-16(2,3)4/h5-9H,1-4H3. The van der Waals surface area contributed by atoms with Gasteiger partial charge in [-0.2, -0.15) is 0 Å². The van der Waals surface area contributed by atoms with E-state index in [9.17, 15) is 4.79 Å². The maximum atomic E-state index is 12.4. The molecular weight excluding hydrogens is 398 g/mol. The van der Waals surface area contributed by atoms with Gasteiger partial charge in [0.05, 0.1) is 5.69 Å². The first kappa shape index (κ1) is 16.3. The average molecular weight is 415 g/mol. The minimum Gasteiger partial charge on any atom is -0.443 e. The van der Waals surface area contributed by atoms with Crippen LogP contribution < -0.4 is 0 Å². The molecular formula is C16H17Br2NO2. The van der Waals surface area contributed by atoms with E-state index in [1.165, 1.54) is 4.57 Å². The van der Waals surface area contributed by atoms with E-state index in [0.717, 1.165) is 25.8 Å². The van der Waals surface area contributed by atoms with Gasteiger partial charge in [0.15, 0.2) is 0 Å². The Kier molecular flexibility index (Phi) is 4.63. The number of hydrogen-bond donors (Lipinski definition) is 0. The first-order valence-electron chi connectivity index (χ1n) is 6.56. The van der Waals surface area contributed by atoms with Crippen molar-refractivity contribution < 1.29 is 9.53 Å². The number of rotatable bonds is 1. The number of aromatic nitrogens is 1. The number of halogens is 2. The summed E-state index contributed by atoms with van der Waals surface area (Å²) in [5.74, 6) is 0. The molecule has 0 amide bonds. The van der Waals surface area contributed by atoms with E-state index in [2.05, 4.69) is 31.9 Å². The number of aryl methyl sites for hydroxylation is 1. The Morgan fingerprint density at radius 2 is 1.90 bits per heavy atom. The molecule has 0 saturated carbocycles. The lowest BCUT2D eigenvalue weighted by Gasteiger charge is -2.21. The number of benzene rings is 1. The molecule has 0 fully saturated rings. The monoisotopic (exact) mass is 413 g/mol. The van der Waals surface area contributed by atoms with Crippen molar-refractivity contribution in [2.45, 2.75) is 33.3 Å². The number of nitrogens with zero attached hydrogens (tertiary/aromatic N) is 1. The van der Waals surface area contributed by atoms with Crippen LogP contribution in [0.2, 0.25) is 0 Å². The average Bonchev–Trinajstić information content (AvgIpc) is 2.69. The van der Waals surface area contributed by atoms with Gasteiger partial charge < -0.3 is 4.74 Å². The highest BCUT2D eigenvalue weighted by Crippen LogP contribution is 2.34. The number of ether oxygens (including phenoxy) is 1. The fourth-order valence-corrected chi connectivity index (χ4v) is 3.13. The summed E-state index contributed by atoms with van der Waals surface area (Å²) >= 11 is 6.99. The number of carbonyl (C=O) groups is 1. The molecule has 5 heteroatoms. The molecule has 0 saturated heterocycles. The van der Waals surface area contributed by atoms with E-state index in [4.69, 9.17) is 4.74 Å². The Morgan fingerprint density at radius 3 is 2.48 bits per heavy atom. The van der Waals surface area contributed by atoms with Gasteiger partial charge in [-0.1, -0.05) is 28.1 Å². The lowest BCUT2D eigenvalue weighted by molar-refractivity contribution is 0.0540. The second kappa shape index (κ2) is 5.97. The first-order chi connectivity index (χ1) is 9.69. The fourth-order valence-electron chi connectivity index (χ4n) is 2.04. The molecule has 3 nitrogen and oxygen atoms in total. The van der Waals surface area contributed by atoms with Crippen molar-refractivity contribution in [1.29, 1.82) is 0 Å². The molecule has 0 unspecified atom stereocenters. The molecule has 0 aliphatic rings. The Hall–Kier alpha value is -1.07. The van der Waals surface area contributed by atoms with Crippen molar-refractivity contribution in [3.05, 3.63) is 45.0 Å². The topological polar surface area (TPSA) is 31.2 Å². The van der Waals surface area contributed by atoms with Gasteiger partial charge in [0.25, 0.3) is 0 Å². The smallest absolute Gasteiger partial charge is 0.419 e. The van der Waals surface area contributed by atoms with Crippen molar-refractivity contribution in [3.63, 3.8) is 0 Å². The second-order valence-corrected chi connectivity index (χ2v) is 7.60. The summed E-state index contributed by atoms with van der Waals surface area (Å²) in [7, 11) is 0. The molecule has 1 heterocycles. The molecule has 0 radical (unpaired) electrons. The van der Waals surface area contributed by atoms with Crippen LogP contribution in [-0.2, 0) is 4.74 Å². The quantitative estimate of drug-likeness (QED) is 0.592. The largest absolute Gasteiger partial charge is 0.443 e. The maximum absolute atomic E-state index is 12.4. The zero-order chi connectivity index (χ0) is 15.8. The zero-order valence-corrected chi connectivity index (χ0v) is 15.6. The highest BCUT2D eigenvalue weighted by atomic mass is 79.9. The van der Waals surface area contributed by atoms with E-state index >= 15 is 0 Å². The van der Waals surface area contributed by atoms with Gasteiger partial charge in [-0.05, 0) is 61.3 Å². The highest BCUT2D eigenvalue weighted by Gasteiger charge is 2.22. The van der Waals surface area contributed by atoms with Gasteiger partial charge in [0.2, 0.25) is 0 Å². The molecule has 0 aliphatic carbocycles. The molecule has 0 bridgehead atoms. The minimum atomic E-state index is -0.534. The van der Waals surface area contributed by atoms with Gasteiger partial charge in [-0.25, -0.2) is 4.79 Å². The predicted octanol–water partition coefficient (Wildman–Crippen LogP) is 5.77. The highest BCUT2D eigenvalue weighted by molar-refractivity contribution is 9.10. The third kappa shape index (κ3) is 3.77. The van der Waals surface area contributed by atoms with E-state index < -0.39 is 11.7 Å². The Bertz CT molecular complexity index is 664. The molecule has 21 heavy (non-hydrogen) atoms. The van der Waals surface area contributed by atoms with Gasteiger partial charge in [-0.3, -0.25) is 4.57 Å². The summed E-state index contributed by atoms with van der Waals surface area (Å²) in [4.78, 5) is 12.4. The van der Waals surface area contributed by atoms with Crippen LogP contribution in [0.25, 0.3) is 11.3 Å². The summed E-state index contributed by atoms with van der Waals surface area (Å²) in [5, 5.41) is 0. The zero-order valence-electron chi connectivity index (χ0n) is 12.4. The molecule has 0 atom stereocenters. The first-order valence-corrected chi connectivity index (χ1v) is 8.14. The van der Waals surface area contributed by atoms with Crippen LogP contribution in [0.4, 0.5) is 4.79 Å². The van der Waals surface area contributed by atoms with Gasteiger partial charge >= 0.3 is 6.09 Å².